The normalized spacial score (nSPS) is 9.69. The maximum atomic E-state index is 3.84. The zero-order valence-electron chi connectivity index (χ0n) is 9.08. The Morgan fingerprint density at radius 1 is 0.692 bits per heavy atom. The third-order valence-corrected chi connectivity index (χ3v) is 2.35. The van der Waals surface area contributed by atoms with Gasteiger partial charge in [-0.3, -0.25) is 0 Å². The van der Waals surface area contributed by atoms with E-state index >= 15 is 0 Å². The van der Waals surface area contributed by atoms with Crippen molar-refractivity contribution in [2.24, 2.45) is 0 Å². The van der Waals surface area contributed by atoms with E-state index in [-0.39, 0.29) is 22.4 Å². The molecule has 0 heterocycles. The molecule has 0 N–H and O–H groups in total. The van der Waals surface area contributed by atoms with Gasteiger partial charge in [0.1, 0.15) is 0 Å². The molecule has 0 aliphatic carbocycles. The van der Waals surface area contributed by atoms with E-state index in [0.717, 1.165) is 6.42 Å². The second-order valence-electron chi connectivity index (χ2n) is 3.68. The molecule has 0 saturated heterocycles. The summed E-state index contributed by atoms with van der Waals surface area (Å²) in [5.41, 5.74) is 0. The van der Waals surface area contributed by atoms with Gasteiger partial charge in [-0.25, -0.2) is 0 Å². The first-order valence-corrected chi connectivity index (χ1v) is 5.71. The molecule has 0 rings (SSSR count). The Labute approximate surface area is 100 Å². The van der Waals surface area contributed by atoms with Crippen molar-refractivity contribution < 1.29 is 22.4 Å². The molecule has 84 valence electrons. The van der Waals surface area contributed by atoms with Crippen LogP contribution in [-0.4, -0.2) is 0 Å². The van der Waals surface area contributed by atoms with Crippen molar-refractivity contribution >= 4 is 0 Å². The monoisotopic (exact) mass is 276 g/mol. The minimum absolute atomic E-state index is 0. The van der Waals surface area contributed by atoms with Crippen molar-refractivity contribution in [1.82, 2.24) is 0 Å². The van der Waals surface area contributed by atoms with Crippen LogP contribution >= 0.6 is 0 Å². The second kappa shape index (κ2) is 15.2. The largest absolute Gasteiger partial charge is 0.0654 e. The predicted octanol–water partition coefficient (Wildman–Crippen LogP) is 4.74. The van der Waals surface area contributed by atoms with Crippen LogP contribution in [0.4, 0.5) is 0 Å². The van der Waals surface area contributed by atoms with Crippen LogP contribution in [0, 0.1) is 6.92 Å². The molecule has 0 atom stereocenters. The van der Waals surface area contributed by atoms with E-state index in [0.29, 0.717) is 0 Å². The molecule has 0 aliphatic heterocycles. The van der Waals surface area contributed by atoms with Gasteiger partial charge >= 0.3 is 0 Å². The molecule has 0 nitrogen and oxygen atoms in total. The smallest absolute Gasteiger partial charge is 0 e. The van der Waals surface area contributed by atoms with Gasteiger partial charge in [0.05, 0.1) is 0 Å². The van der Waals surface area contributed by atoms with E-state index < -0.39 is 0 Å². The summed E-state index contributed by atoms with van der Waals surface area (Å²) in [5, 5.41) is 0. The summed E-state index contributed by atoms with van der Waals surface area (Å²) in [6, 6.07) is 0. The molecule has 0 saturated carbocycles. The number of hydrogen-bond acceptors (Lipinski definition) is 0. The maximum Gasteiger partial charge on any atom is 0 e. The zero-order chi connectivity index (χ0) is 9.07. The van der Waals surface area contributed by atoms with Gasteiger partial charge in [-0.1, -0.05) is 78.1 Å². The molecule has 0 aliphatic rings. The van der Waals surface area contributed by atoms with Crippen LogP contribution < -0.4 is 0 Å². The van der Waals surface area contributed by atoms with Crippen molar-refractivity contribution in [2.75, 3.05) is 0 Å². The molecule has 1 heteroatoms. The van der Waals surface area contributed by atoms with Crippen molar-refractivity contribution in [3.8, 4) is 0 Å². The molecular weight excluding hydrogens is 252 g/mol. The quantitative estimate of drug-likeness (QED) is 0.422. The fourth-order valence-electron chi connectivity index (χ4n) is 1.49. The number of rotatable bonds is 9. The molecule has 0 aromatic carbocycles. The van der Waals surface area contributed by atoms with Gasteiger partial charge in [-0.2, -0.15) is 0 Å². The van der Waals surface area contributed by atoms with Crippen LogP contribution in [0.3, 0.4) is 0 Å². The minimum Gasteiger partial charge on any atom is -0.0654 e. The van der Waals surface area contributed by atoms with Crippen LogP contribution in [0.5, 0.6) is 0 Å². The summed E-state index contributed by atoms with van der Waals surface area (Å²) >= 11 is 0. The molecule has 0 aromatic rings. The zero-order valence-corrected chi connectivity index (χ0v) is 10.6. The average molecular weight is 277 g/mol. The number of unbranched alkanes of at least 4 members (excludes halogenated alkanes) is 9. The molecule has 0 aromatic heterocycles. The third-order valence-electron chi connectivity index (χ3n) is 2.35. The molecule has 0 amide bonds. The van der Waals surface area contributed by atoms with Crippen molar-refractivity contribution in [2.45, 2.75) is 71.1 Å². The third kappa shape index (κ3) is 15.5. The average Bonchev–Trinajstić information content (AvgIpc) is 2.10. The summed E-state index contributed by atoms with van der Waals surface area (Å²) in [7, 11) is 0. The molecule has 13 heavy (non-hydrogen) atoms. The molecule has 0 spiro atoms. The summed E-state index contributed by atoms with van der Waals surface area (Å²) < 4.78 is 0. The Bertz CT molecular complexity index is 61.5. The minimum atomic E-state index is 0. The van der Waals surface area contributed by atoms with Gasteiger partial charge in [0.25, 0.3) is 0 Å². The first-order chi connectivity index (χ1) is 5.91. The van der Waals surface area contributed by atoms with E-state index in [2.05, 4.69) is 13.8 Å². The van der Waals surface area contributed by atoms with Crippen LogP contribution in [0.2, 0.25) is 0 Å². The first kappa shape index (κ1) is 16.2. The van der Waals surface area contributed by atoms with Crippen molar-refractivity contribution in [1.29, 1.82) is 0 Å². The van der Waals surface area contributed by atoms with E-state index in [9.17, 15) is 0 Å². The molecular formula is C12H25Ag. The predicted molar refractivity (Wildman–Crippen MR) is 57.2 cm³/mol. The molecule has 2 radical (unpaired) electrons. The van der Waals surface area contributed by atoms with Gasteiger partial charge in [-0.05, 0) is 0 Å². The van der Waals surface area contributed by atoms with E-state index in [1.165, 1.54) is 57.8 Å². The van der Waals surface area contributed by atoms with Crippen LogP contribution in [0.1, 0.15) is 71.1 Å². The summed E-state index contributed by atoms with van der Waals surface area (Å²) in [6.45, 7) is 6.12. The molecule has 0 bridgehead atoms. The van der Waals surface area contributed by atoms with Crippen molar-refractivity contribution in [3.63, 3.8) is 0 Å². The van der Waals surface area contributed by atoms with Crippen LogP contribution in [-0.2, 0) is 22.4 Å². The topological polar surface area (TPSA) is 0 Å². The van der Waals surface area contributed by atoms with Gasteiger partial charge in [0.2, 0.25) is 0 Å². The Morgan fingerprint density at radius 2 is 1.08 bits per heavy atom. The maximum absolute atomic E-state index is 3.84. The Morgan fingerprint density at radius 3 is 1.46 bits per heavy atom. The van der Waals surface area contributed by atoms with Gasteiger partial charge in [0.15, 0.2) is 0 Å². The summed E-state index contributed by atoms with van der Waals surface area (Å²) in [6.07, 6.45) is 13.9. The Kier molecular flexibility index (Phi) is 18.9. The van der Waals surface area contributed by atoms with Crippen LogP contribution in [0.15, 0.2) is 0 Å². The SMILES string of the molecule is [Ag].[CH2]CCCCCCCCCCC. The van der Waals surface area contributed by atoms with Crippen molar-refractivity contribution in [3.05, 3.63) is 6.92 Å². The number of hydrogen-bond donors (Lipinski definition) is 0. The Balaban J connectivity index is 0. The van der Waals surface area contributed by atoms with Crippen LogP contribution in [0.25, 0.3) is 0 Å². The van der Waals surface area contributed by atoms with E-state index in [1.54, 1.807) is 0 Å². The fraction of sp³-hybridized carbons (Fsp3) is 0.917. The summed E-state index contributed by atoms with van der Waals surface area (Å²) in [4.78, 5) is 0. The standard InChI is InChI=1S/C12H25.Ag/c1-3-5-7-9-11-12-10-8-6-4-2;/h1,3-12H2,2H3;. The van der Waals surface area contributed by atoms with E-state index in [1.807, 2.05) is 0 Å². The first-order valence-electron chi connectivity index (χ1n) is 5.71. The second-order valence-corrected chi connectivity index (χ2v) is 3.68. The Hall–Kier alpha value is 0.740. The fourth-order valence-corrected chi connectivity index (χ4v) is 1.49. The van der Waals surface area contributed by atoms with Gasteiger partial charge < -0.3 is 0 Å². The molecule has 0 unspecified atom stereocenters. The van der Waals surface area contributed by atoms with E-state index in [4.69, 9.17) is 0 Å². The molecule has 0 fully saturated rings. The van der Waals surface area contributed by atoms with Gasteiger partial charge in [0, 0.05) is 22.4 Å². The van der Waals surface area contributed by atoms with Gasteiger partial charge in [-0.15, -0.1) is 0 Å². The summed E-state index contributed by atoms with van der Waals surface area (Å²) in [5.74, 6) is 0.